The number of hydrogen-bond donors (Lipinski definition) is 3. The maximum Gasteiger partial charge on any atom is 0.241 e. The third-order valence-electron chi connectivity index (χ3n) is 3.85. The molecular weight excluding hydrogens is 625 g/mol. The molecule has 32 heavy (non-hydrogen) atoms. The fourth-order valence-corrected chi connectivity index (χ4v) is 2.63. The number of aromatic hydroxyl groups is 1. The molecule has 0 aliphatic rings. The molecule has 3 aromatic rings. The van der Waals surface area contributed by atoms with E-state index in [1.165, 1.54) is 11.6 Å². The molecule has 0 saturated carbocycles. The predicted molar refractivity (Wildman–Crippen MR) is 125 cm³/mol. The van der Waals surface area contributed by atoms with Crippen LogP contribution in [0.2, 0.25) is 10.0 Å². The van der Waals surface area contributed by atoms with Crippen molar-refractivity contribution in [3.8, 4) is 23.0 Å². The average molecular weight is 649 g/mol. The molecule has 172 valence electrons. The Morgan fingerprint density at radius 1 is 1.12 bits per heavy atom. The summed E-state index contributed by atoms with van der Waals surface area (Å²) < 4.78 is 1.49. The van der Waals surface area contributed by atoms with Crippen LogP contribution < -0.4 is 11.1 Å². The summed E-state index contributed by atoms with van der Waals surface area (Å²) in [5.41, 5.74) is 5.76. The summed E-state index contributed by atoms with van der Waals surface area (Å²) in [5.74, 6) is 0.249. The smallest absolute Gasteiger partial charge is 0.241 e. The van der Waals surface area contributed by atoms with E-state index in [0.29, 0.717) is 33.5 Å². The third kappa shape index (κ3) is 8.04. The van der Waals surface area contributed by atoms with E-state index in [0.717, 1.165) is 6.29 Å². The van der Waals surface area contributed by atoms with E-state index in [9.17, 15) is 14.7 Å². The van der Waals surface area contributed by atoms with Crippen LogP contribution in [-0.2, 0) is 30.7 Å². The zero-order chi connectivity index (χ0) is 23.4. The maximum atomic E-state index is 10.7. The topological polar surface area (TPSA) is 124 Å². The number of nitrogens with zero attached hydrogens (tertiary/aromatic N) is 3. The van der Waals surface area contributed by atoms with Crippen LogP contribution in [0, 0.1) is 0 Å². The molecule has 11 heteroatoms. The average Bonchev–Trinajstić information content (AvgIpc) is 3.12. The molecule has 0 aliphatic heterocycles. The van der Waals surface area contributed by atoms with Crippen molar-refractivity contribution in [1.29, 1.82) is 0 Å². The van der Waals surface area contributed by atoms with Crippen molar-refractivity contribution in [2.24, 2.45) is 5.73 Å². The first-order chi connectivity index (χ1) is 14.9. The van der Waals surface area contributed by atoms with Crippen LogP contribution in [0.3, 0.4) is 0 Å². The molecule has 0 fully saturated rings. The van der Waals surface area contributed by atoms with Gasteiger partial charge in [-0.2, -0.15) is 7.05 Å². The number of carbonyl (C=O) groups excluding carboxylic acids is 2. The molecular formula is C21H24Cl2N5O3W-. The van der Waals surface area contributed by atoms with Crippen LogP contribution in [0.1, 0.15) is 6.92 Å². The molecule has 1 amide bonds. The zero-order valence-electron chi connectivity index (χ0n) is 17.7. The summed E-state index contributed by atoms with van der Waals surface area (Å²) in [4.78, 5) is 24.6. The number of aromatic nitrogens is 2. The number of nitrogens with one attached hydrogen (secondary N) is 1. The monoisotopic (exact) mass is 648 g/mol. The second kappa shape index (κ2) is 15.6. The van der Waals surface area contributed by atoms with Gasteiger partial charge in [0.2, 0.25) is 12.3 Å². The minimum absolute atomic E-state index is 0. The second-order valence-electron chi connectivity index (χ2n) is 5.80. The summed E-state index contributed by atoms with van der Waals surface area (Å²) in [6.45, 7) is 1.74. The Morgan fingerprint density at radius 2 is 1.72 bits per heavy atom. The van der Waals surface area contributed by atoms with Crippen LogP contribution in [0.25, 0.3) is 22.4 Å². The van der Waals surface area contributed by atoms with Gasteiger partial charge in [0.15, 0.2) is 11.6 Å². The standard InChI is InChI=1S/C16H11Cl2N3O2.C4H8NO.CH5N.W/c17-10-5-7-11(8-6-10)21-15(12-3-1-2-4-13(12)18)20-14(16(21)23)19-9-22;1-4(3-6)5-2;1-2;/h1-9,23H,(H,19,22);3-4H,1-2H3;2H2,1H3;/q;-1;;. The van der Waals surface area contributed by atoms with Crippen LogP contribution in [0.15, 0.2) is 48.5 Å². The van der Waals surface area contributed by atoms with Crippen molar-refractivity contribution in [3.05, 3.63) is 63.9 Å². The van der Waals surface area contributed by atoms with Crippen molar-refractivity contribution in [3.63, 3.8) is 0 Å². The zero-order valence-corrected chi connectivity index (χ0v) is 22.1. The van der Waals surface area contributed by atoms with E-state index >= 15 is 0 Å². The molecule has 2 aromatic carbocycles. The summed E-state index contributed by atoms with van der Waals surface area (Å²) in [6, 6.07) is 13.8. The molecule has 0 saturated heterocycles. The number of halogens is 2. The Kier molecular flexibility index (Phi) is 14.5. The number of nitrogens with two attached hydrogens (primary N) is 1. The fraction of sp³-hybridized carbons (Fsp3) is 0.190. The van der Waals surface area contributed by atoms with Gasteiger partial charge >= 0.3 is 0 Å². The molecule has 0 spiro atoms. The number of benzene rings is 2. The van der Waals surface area contributed by atoms with Gasteiger partial charge in [0, 0.05) is 31.7 Å². The summed E-state index contributed by atoms with van der Waals surface area (Å²) in [7, 11) is 3.12. The first-order valence-corrected chi connectivity index (χ1v) is 9.83. The summed E-state index contributed by atoms with van der Waals surface area (Å²) in [6.07, 6.45) is 1.25. The minimum atomic E-state index is -0.200. The van der Waals surface area contributed by atoms with Gasteiger partial charge in [-0.25, -0.2) is 4.98 Å². The van der Waals surface area contributed by atoms with Crippen molar-refractivity contribution < 1.29 is 35.8 Å². The van der Waals surface area contributed by atoms with Crippen molar-refractivity contribution in [2.75, 3.05) is 19.4 Å². The molecule has 0 bridgehead atoms. The van der Waals surface area contributed by atoms with Crippen molar-refractivity contribution in [2.45, 2.75) is 13.0 Å². The Bertz CT molecular complexity index is 984. The second-order valence-corrected chi connectivity index (χ2v) is 6.64. The number of amides is 1. The Balaban J connectivity index is 0.000000931. The van der Waals surface area contributed by atoms with Crippen LogP contribution in [0.5, 0.6) is 5.88 Å². The number of likely N-dealkylation sites (N-methyl/N-ethyl adjacent to an activating group) is 1. The number of imidazole rings is 1. The molecule has 0 aliphatic carbocycles. The third-order valence-corrected chi connectivity index (χ3v) is 4.43. The molecule has 0 radical (unpaired) electrons. The number of aldehydes is 1. The number of hydrogen-bond acceptors (Lipinski definition) is 5. The van der Waals surface area contributed by atoms with Gasteiger partial charge in [-0.15, -0.1) is 0 Å². The van der Waals surface area contributed by atoms with Gasteiger partial charge in [-0.3, -0.25) is 9.36 Å². The Morgan fingerprint density at radius 3 is 2.19 bits per heavy atom. The van der Waals surface area contributed by atoms with Gasteiger partial charge in [0.1, 0.15) is 6.29 Å². The Labute approximate surface area is 211 Å². The van der Waals surface area contributed by atoms with Crippen LogP contribution in [-0.4, -0.2) is 47.5 Å². The van der Waals surface area contributed by atoms with E-state index in [2.05, 4.69) is 21.4 Å². The van der Waals surface area contributed by atoms with E-state index < -0.39 is 0 Å². The number of anilines is 1. The van der Waals surface area contributed by atoms with E-state index in [1.54, 1.807) is 56.4 Å². The maximum absolute atomic E-state index is 10.7. The largest absolute Gasteiger partial charge is 0.656 e. The Hall–Kier alpha value is -2.22. The molecule has 8 nitrogen and oxygen atoms in total. The number of rotatable bonds is 6. The number of carbonyl (C=O) groups is 2. The van der Waals surface area contributed by atoms with Gasteiger partial charge in [0.25, 0.3) is 0 Å². The van der Waals surface area contributed by atoms with Gasteiger partial charge in [0.05, 0.1) is 10.7 Å². The SMILES string of the molecule is CN.C[N-]C(C)C=O.O=CNc1nc(-c2ccccc2Cl)n(-c2ccc(Cl)cc2)c1O.[W]. The fourth-order valence-electron chi connectivity index (χ4n) is 2.28. The quantitative estimate of drug-likeness (QED) is 0.345. The molecule has 1 aromatic heterocycles. The van der Waals surface area contributed by atoms with Crippen molar-refractivity contribution >= 4 is 41.7 Å². The van der Waals surface area contributed by atoms with E-state index in [4.69, 9.17) is 23.2 Å². The van der Waals surface area contributed by atoms with Gasteiger partial charge in [-0.05, 0) is 43.4 Å². The molecule has 1 heterocycles. The van der Waals surface area contributed by atoms with Crippen molar-refractivity contribution in [1.82, 2.24) is 9.55 Å². The predicted octanol–water partition coefficient (Wildman–Crippen LogP) is 4.27. The van der Waals surface area contributed by atoms with E-state index in [1.807, 2.05) is 6.07 Å². The normalized spacial score (nSPS) is 10.3. The molecule has 3 rings (SSSR count). The van der Waals surface area contributed by atoms with Crippen LogP contribution in [0.4, 0.5) is 5.82 Å². The molecule has 4 N–H and O–H groups in total. The minimum Gasteiger partial charge on any atom is -0.656 e. The van der Waals surface area contributed by atoms with E-state index in [-0.39, 0.29) is 38.8 Å². The van der Waals surface area contributed by atoms with Gasteiger partial charge in [-0.1, -0.05) is 48.3 Å². The molecule has 1 unspecified atom stereocenters. The van der Waals surface area contributed by atoms with Gasteiger partial charge < -0.3 is 26.3 Å². The summed E-state index contributed by atoms with van der Waals surface area (Å²) in [5, 5.41) is 17.5. The first-order valence-electron chi connectivity index (χ1n) is 9.07. The molecule has 1 atom stereocenters. The summed E-state index contributed by atoms with van der Waals surface area (Å²) >= 11 is 12.1. The first kappa shape index (κ1) is 29.8. The van der Waals surface area contributed by atoms with Crippen LogP contribution >= 0.6 is 23.2 Å².